The topological polar surface area (TPSA) is 123 Å². The lowest BCUT2D eigenvalue weighted by molar-refractivity contribution is 0.0378. The first-order valence-electron chi connectivity index (χ1n) is 6.08. The van der Waals surface area contributed by atoms with E-state index in [9.17, 15) is 9.90 Å². The van der Waals surface area contributed by atoms with Gasteiger partial charge in [0.2, 0.25) is 0 Å². The van der Waals surface area contributed by atoms with Gasteiger partial charge in [0, 0.05) is 13.2 Å². The summed E-state index contributed by atoms with van der Waals surface area (Å²) in [5, 5.41) is 12.7. The Bertz CT molecular complexity index is 472. The average Bonchev–Trinajstić information content (AvgIpc) is 2.42. The number of carbonyl (C=O) groups is 1. The number of rotatable bonds is 4. The first-order valence-corrected chi connectivity index (χ1v) is 6.08. The zero-order chi connectivity index (χ0) is 13.9. The number of hydrogen-bond donors (Lipinski definition) is 4. The number of hydrogen-bond acceptors (Lipinski definition) is 6. The summed E-state index contributed by atoms with van der Waals surface area (Å²) in [6.45, 7) is 1.03. The van der Waals surface area contributed by atoms with Crippen LogP contribution in [-0.4, -0.2) is 41.4 Å². The molecule has 1 aromatic heterocycles. The summed E-state index contributed by atoms with van der Waals surface area (Å²) < 4.78 is 5.28. The summed E-state index contributed by atoms with van der Waals surface area (Å²) in [6.07, 6.45) is 2.71. The van der Waals surface area contributed by atoms with E-state index < -0.39 is 11.4 Å². The number of nitrogens with two attached hydrogens (primary N) is 2. The lowest BCUT2D eigenvalue weighted by Gasteiger charge is -2.37. The molecule has 19 heavy (non-hydrogen) atoms. The fourth-order valence-electron chi connectivity index (χ4n) is 2.10. The molecule has 1 aliphatic rings. The summed E-state index contributed by atoms with van der Waals surface area (Å²) in [4.78, 5) is 15.5. The minimum absolute atomic E-state index is 0.0688. The summed E-state index contributed by atoms with van der Waals surface area (Å²) in [6, 6.07) is 1.47. The SMILES string of the molecule is NC(=O)c1cc(N)cnc1NC1(CO)CCOCC1. The number of aliphatic hydroxyl groups excluding tert-OH is 1. The highest BCUT2D eigenvalue weighted by Gasteiger charge is 2.33. The summed E-state index contributed by atoms with van der Waals surface area (Å²) in [7, 11) is 0. The van der Waals surface area contributed by atoms with Gasteiger partial charge in [-0.2, -0.15) is 0 Å². The van der Waals surface area contributed by atoms with E-state index in [0.29, 0.717) is 37.6 Å². The molecule has 2 rings (SSSR count). The molecule has 1 amide bonds. The van der Waals surface area contributed by atoms with Crippen LogP contribution in [0, 0.1) is 0 Å². The molecule has 0 saturated carbocycles. The molecule has 7 heteroatoms. The first kappa shape index (κ1) is 13.6. The van der Waals surface area contributed by atoms with E-state index in [1.165, 1.54) is 12.3 Å². The zero-order valence-corrected chi connectivity index (χ0v) is 10.6. The highest BCUT2D eigenvalue weighted by Crippen LogP contribution is 2.27. The predicted molar refractivity (Wildman–Crippen MR) is 70.7 cm³/mol. The van der Waals surface area contributed by atoms with Crippen LogP contribution < -0.4 is 16.8 Å². The smallest absolute Gasteiger partial charge is 0.252 e. The molecule has 2 heterocycles. The fraction of sp³-hybridized carbons (Fsp3) is 0.500. The number of pyridine rings is 1. The number of carbonyl (C=O) groups excluding carboxylic acids is 1. The zero-order valence-electron chi connectivity index (χ0n) is 10.6. The molecule has 6 N–H and O–H groups in total. The Labute approximate surface area is 110 Å². The van der Waals surface area contributed by atoms with Crippen LogP contribution in [0.4, 0.5) is 11.5 Å². The largest absolute Gasteiger partial charge is 0.397 e. The first-order chi connectivity index (χ1) is 9.06. The number of nitrogens with zero attached hydrogens (tertiary/aromatic N) is 1. The van der Waals surface area contributed by atoms with Crippen LogP contribution in [0.3, 0.4) is 0 Å². The number of primary amides is 1. The van der Waals surface area contributed by atoms with Gasteiger partial charge in [0.05, 0.1) is 29.6 Å². The molecule has 0 aliphatic carbocycles. The third kappa shape index (κ3) is 2.94. The highest BCUT2D eigenvalue weighted by atomic mass is 16.5. The Morgan fingerprint density at radius 2 is 2.21 bits per heavy atom. The molecule has 0 aromatic carbocycles. The second-order valence-electron chi connectivity index (χ2n) is 4.70. The van der Waals surface area contributed by atoms with E-state index in [1.807, 2.05) is 0 Å². The molecular weight excluding hydrogens is 248 g/mol. The molecule has 1 saturated heterocycles. The molecule has 1 fully saturated rings. The van der Waals surface area contributed by atoms with Gasteiger partial charge in [-0.3, -0.25) is 4.79 Å². The minimum atomic E-state index is -0.609. The lowest BCUT2D eigenvalue weighted by atomic mass is 9.90. The van der Waals surface area contributed by atoms with Gasteiger partial charge in [0.1, 0.15) is 5.82 Å². The van der Waals surface area contributed by atoms with Crippen LogP contribution in [0.15, 0.2) is 12.3 Å². The Morgan fingerprint density at radius 1 is 1.53 bits per heavy atom. The van der Waals surface area contributed by atoms with Crippen LogP contribution in [0.5, 0.6) is 0 Å². The van der Waals surface area contributed by atoms with Gasteiger partial charge in [-0.05, 0) is 18.9 Å². The van der Waals surface area contributed by atoms with Crippen LogP contribution in [-0.2, 0) is 4.74 Å². The molecule has 7 nitrogen and oxygen atoms in total. The van der Waals surface area contributed by atoms with Crippen molar-refractivity contribution in [1.29, 1.82) is 0 Å². The summed E-state index contributed by atoms with van der Waals surface area (Å²) in [5.74, 6) is -0.264. The quantitative estimate of drug-likeness (QED) is 0.594. The molecule has 104 valence electrons. The number of aromatic nitrogens is 1. The highest BCUT2D eigenvalue weighted by molar-refractivity contribution is 5.98. The summed E-state index contributed by atoms with van der Waals surface area (Å²) >= 11 is 0. The van der Waals surface area contributed by atoms with Gasteiger partial charge in [0.15, 0.2) is 0 Å². The van der Waals surface area contributed by atoms with Crippen LogP contribution in [0.2, 0.25) is 0 Å². The fourth-order valence-corrected chi connectivity index (χ4v) is 2.10. The van der Waals surface area contributed by atoms with Crippen LogP contribution >= 0.6 is 0 Å². The van der Waals surface area contributed by atoms with E-state index in [4.69, 9.17) is 16.2 Å². The minimum Gasteiger partial charge on any atom is -0.397 e. The maximum absolute atomic E-state index is 11.4. The molecule has 0 spiro atoms. The van der Waals surface area contributed by atoms with Crippen molar-refractivity contribution in [3.63, 3.8) is 0 Å². The van der Waals surface area contributed by atoms with Crippen molar-refractivity contribution < 1.29 is 14.6 Å². The van der Waals surface area contributed by atoms with Gasteiger partial charge in [-0.25, -0.2) is 4.98 Å². The van der Waals surface area contributed by atoms with Crippen molar-refractivity contribution in [2.24, 2.45) is 5.73 Å². The molecule has 0 atom stereocenters. The molecule has 1 aliphatic heterocycles. The molecule has 1 aromatic rings. The molecule has 0 bridgehead atoms. The number of amides is 1. The van der Waals surface area contributed by atoms with Gasteiger partial charge >= 0.3 is 0 Å². The van der Waals surface area contributed by atoms with Crippen molar-refractivity contribution in [3.05, 3.63) is 17.8 Å². The maximum Gasteiger partial charge on any atom is 0.252 e. The Hall–Kier alpha value is -1.86. The standard InChI is InChI=1S/C12H18N4O3/c13-8-5-9(10(14)18)11(15-6-8)16-12(7-17)1-3-19-4-2-12/h5-6,17H,1-4,7,13H2,(H2,14,18)(H,15,16). The third-order valence-corrected chi connectivity index (χ3v) is 3.31. The van der Waals surface area contributed by atoms with Crippen molar-refractivity contribution in [3.8, 4) is 0 Å². The third-order valence-electron chi connectivity index (χ3n) is 3.31. The normalized spacial score (nSPS) is 17.9. The number of nitrogens with one attached hydrogen (secondary N) is 1. The number of aliphatic hydroxyl groups is 1. The van der Waals surface area contributed by atoms with Crippen molar-refractivity contribution in [1.82, 2.24) is 4.98 Å². The number of anilines is 2. The molecule has 0 radical (unpaired) electrons. The Balaban J connectivity index is 2.28. The molecular formula is C12H18N4O3. The van der Waals surface area contributed by atoms with Gasteiger partial charge in [0.25, 0.3) is 5.91 Å². The van der Waals surface area contributed by atoms with Crippen molar-refractivity contribution in [2.45, 2.75) is 18.4 Å². The van der Waals surface area contributed by atoms with Crippen LogP contribution in [0.1, 0.15) is 23.2 Å². The van der Waals surface area contributed by atoms with E-state index in [0.717, 1.165) is 0 Å². The Morgan fingerprint density at radius 3 is 2.79 bits per heavy atom. The van der Waals surface area contributed by atoms with Gasteiger partial charge < -0.3 is 26.6 Å². The van der Waals surface area contributed by atoms with Gasteiger partial charge in [-0.15, -0.1) is 0 Å². The van der Waals surface area contributed by atoms with Crippen molar-refractivity contribution in [2.75, 3.05) is 30.9 Å². The van der Waals surface area contributed by atoms with Gasteiger partial charge in [-0.1, -0.05) is 0 Å². The summed E-state index contributed by atoms with van der Waals surface area (Å²) in [5.41, 5.74) is 11.0. The molecule has 0 unspecified atom stereocenters. The maximum atomic E-state index is 11.4. The van der Waals surface area contributed by atoms with Crippen molar-refractivity contribution >= 4 is 17.4 Å². The van der Waals surface area contributed by atoms with E-state index in [1.54, 1.807) is 0 Å². The average molecular weight is 266 g/mol. The van der Waals surface area contributed by atoms with E-state index in [2.05, 4.69) is 10.3 Å². The predicted octanol–water partition coefficient (Wildman–Crippen LogP) is -0.284. The Kier molecular flexibility index (Phi) is 3.87. The second-order valence-corrected chi connectivity index (χ2v) is 4.70. The van der Waals surface area contributed by atoms with Crippen LogP contribution in [0.25, 0.3) is 0 Å². The second kappa shape index (κ2) is 5.41. The number of ether oxygens (including phenoxy) is 1. The number of nitrogen functional groups attached to an aromatic ring is 1. The van der Waals surface area contributed by atoms with E-state index >= 15 is 0 Å². The van der Waals surface area contributed by atoms with E-state index in [-0.39, 0.29) is 12.2 Å². The lowest BCUT2D eigenvalue weighted by Crippen LogP contribution is -2.47. The monoisotopic (exact) mass is 266 g/mol.